The molecule has 21 heavy (non-hydrogen) atoms. The van der Waals surface area contributed by atoms with Gasteiger partial charge in [-0.25, -0.2) is 0 Å². The number of nitriles is 1. The summed E-state index contributed by atoms with van der Waals surface area (Å²) in [6.07, 6.45) is 7.24. The van der Waals surface area contributed by atoms with Crippen molar-refractivity contribution >= 4 is 5.69 Å². The number of rotatable bonds is 3. The molecular weight excluding hydrogens is 258 g/mol. The lowest BCUT2D eigenvalue weighted by atomic mass is 10.0. The Labute approximate surface area is 128 Å². The Kier molecular flexibility index (Phi) is 4.77. The quantitative estimate of drug-likeness (QED) is 0.799. The van der Waals surface area contributed by atoms with E-state index in [1.807, 2.05) is 0 Å². The van der Waals surface area contributed by atoms with Crippen molar-refractivity contribution in [3.05, 3.63) is 29.3 Å². The van der Waals surface area contributed by atoms with Crippen LogP contribution in [0.1, 0.15) is 36.8 Å². The summed E-state index contributed by atoms with van der Waals surface area (Å²) in [4.78, 5) is 4.91. The molecule has 0 spiro atoms. The number of hydrogen-bond donors (Lipinski definition) is 0. The van der Waals surface area contributed by atoms with Gasteiger partial charge in [0.2, 0.25) is 0 Å². The van der Waals surface area contributed by atoms with Crippen molar-refractivity contribution in [1.82, 2.24) is 4.90 Å². The van der Waals surface area contributed by atoms with Crippen LogP contribution in [0.4, 0.5) is 5.69 Å². The molecule has 0 unspecified atom stereocenters. The Morgan fingerprint density at radius 1 is 0.952 bits per heavy atom. The first-order chi connectivity index (χ1) is 10.4. The van der Waals surface area contributed by atoms with Gasteiger partial charge in [0.25, 0.3) is 0 Å². The molecule has 0 aromatic heterocycles. The maximum Gasteiger partial charge on any atom is 0.0635 e. The maximum absolute atomic E-state index is 8.68. The van der Waals surface area contributed by atoms with E-state index in [1.165, 1.54) is 37.8 Å². The molecule has 1 heterocycles. The van der Waals surface area contributed by atoms with Crippen molar-refractivity contribution in [1.29, 1.82) is 5.26 Å². The third-order valence-electron chi connectivity index (χ3n) is 4.86. The molecule has 1 aliphatic heterocycles. The minimum atomic E-state index is 0.652. The largest absolute Gasteiger partial charge is 0.369 e. The third kappa shape index (κ3) is 3.57. The number of hydrogen-bond acceptors (Lipinski definition) is 3. The molecule has 1 saturated heterocycles. The molecule has 1 fully saturated rings. The van der Waals surface area contributed by atoms with Gasteiger partial charge < -0.3 is 4.90 Å². The fraction of sp³-hybridized carbons (Fsp3) is 0.611. The van der Waals surface area contributed by atoms with Crippen molar-refractivity contribution in [3.8, 4) is 6.07 Å². The van der Waals surface area contributed by atoms with Crippen LogP contribution in [0.3, 0.4) is 0 Å². The second-order valence-corrected chi connectivity index (χ2v) is 6.25. The Morgan fingerprint density at radius 3 is 2.48 bits per heavy atom. The zero-order valence-electron chi connectivity index (χ0n) is 12.9. The molecule has 1 aromatic carbocycles. The summed E-state index contributed by atoms with van der Waals surface area (Å²) in [7, 11) is 0. The summed E-state index contributed by atoms with van der Waals surface area (Å²) in [5, 5.41) is 8.68. The molecule has 0 N–H and O–H groups in total. The van der Waals surface area contributed by atoms with Gasteiger partial charge in [-0.1, -0.05) is 12.5 Å². The number of nitrogens with zero attached hydrogens (tertiary/aromatic N) is 3. The van der Waals surface area contributed by atoms with E-state index in [-0.39, 0.29) is 0 Å². The normalized spacial score (nSPS) is 19.7. The lowest BCUT2D eigenvalue weighted by Crippen LogP contribution is -2.46. The summed E-state index contributed by atoms with van der Waals surface area (Å²) in [5.41, 5.74) is 4.55. The van der Waals surface area contributed by atoms with Crippen LogP contribution in [-0.2, 0) is 12.8 Å². The van der Waals surface area contributed by atoms with Crippen molar-refractivity contribution in [3.63, 3.8) is 0 Å². The van der Waals surface area contributed by atoms with E-state index in [0.717, 1.165) is 32.7 Å². The fourth-order valence-electron chi connectivity index (χ4n) is 3.53. The second kappa shape index (κ2) is 6.95. The number of anilines is 1. The van der Waals surface area contributed by atoms with E-state index >= 15 is 0 Å². The lowest BCUT2D eigenvalue weighted by Gasteiger charge is -2.36. The Morgan fingerprint density at radius 2 is 1.71 bits per heavy atom. The maximum atomic E-state index is 8.68. The van der Waals surface area contributed by atoms with Gasteiger partial charge in [0.15, 0.2) is 0 Å². The van der Waals surface area contributed by atoms with Crippen molar-refractivity contribution < 1.29 is 0 Å². The van der Waals surface area contributed by atoms with Gasteiger partial charge in [0.1, 0.15) is 0 Å². The molecule has 2 aliphatic rings. The number of fused-ring (bicyclic) bond motifs is 1. The molecule has 0 bridgehead atoms. The third-order valence-corrected chi connectivity index (χ3v) is 4.86. The average molecular weight is 283 g/mol. The van der Waals surface area contributed by atoms with Crippen LogP contribution in [0.5, 0.6) is 0 Å². The Bertz CT molecular complexity index is 510. The van der Waals surface area contributed by atoms with Gasteiger partial charge in [-0.3, -0.25) is 4.90 Å². The van der Waals surface area contributed by atoms with Crippen molar-refractivity contribution in [2.24, 2.45) is 0 Å². The fourth-order valence-corrected chi connectivity index (χ4v) is 3.53. The van der Waals surface area contributed by atoms with E-state index in [4.69, 9.17) is 5.26 Å². The van der Waals surface area contributed by atoms with Gasteiger partial charge in [-0.05, 0) is 48.9 Å². The van der Waals surface area contributed by atoms with Gasteiger partial charge >= 0.3 is 0 Å². The van der Waals surface area contributed by atoms with Crippen LogP contribution in [0.2, 0.25) is 0 Å². The van der Waals surface area contributed by atoms with Gasteiger partial charge in [0.05, 0.1) is 6.07 Å². The highest BCUT2D eigenvalue weighted by Gasteiger charge is 2.18. The van der Waals surface area contributed by atoms with E-state index in [2.05, 4.69) is 34.1 Å². The summed E-state index contributed by atoms with van der Waals surface area (Å²) in [6, 6.07) is 9.35. The predicted octanol–water partition coefficient (Wildman–Crippen LogP) is 2.99. The predicted molar refractivity (Wildman–Crippen MR) is 86.6 cm³/mol. The van der Waals surface area contributed by atoms with Crippen LogP contribution < -0.4 is 4.90 Å². The first kappa shape index (κ1) is 14.4. The molecule has 0 amide bonds. The minimum Gasteiger partial charge on any atom is -0.369 e. The van der Waals surface area contributed by atoms with Crippen LogP contribution in [0, 0.1) is 11.3 Å². The summed E-state index contributed by atoms with van der Waals surface area (Å²) in [5.74, 6) is 0. The zero-order chi connectivity index (χ0) is 14.5. The molecule has 0 atom stereocenters. The summed E-state index contributed by atoms with van der Waals surface area (Å²) >= 11 is 0. The summed E-state index contributed by atoms with van der Waals surface area (Å²) in [6.45, 7) is 5.26. The SMILES string of the molecule is N#CCCN1CCN(c2ccc3c(c2)CCCCC3)CC1. The second-order valence-electron chi connectivity index (χ2n) is 6.25. The molecule has 3 heteroatoms. The standard InChI is InChI=1S/C18H25N3/c19-9-4-10-20-11-13-21(14-12-20)18-8-7-16-5-2-1-3-6-17(16)15-18/h7-8,15H,1-6,10-14H2. The molecular formula is C18H25N3. The van der Waals surface area contributed by atoms with Crippen LogP contribution in [-0.4, -0.2) is 37.6 Å². The van der Waals surface area contributed by atoms with Crippen molar-refractivity contribution in [2.75, 3.05) is 37.6 Å². The van der Waals surface area contributed by atoms with Crippen LogP contribution in [0.15, 0.2) is 18.2 Å². The Balaban J connectivity index is 1.63. The van der Waals surface area contributed by atoms with Crippen molar-refractivity contribution in [2.45, 2.75) is 38.5 Å². The van der Waals surface area contributed by atoms with E-state index in [9.17, 15) is 0 Å². The first-order valence-electron chi connectivity index (χ1n) is 8.33. The van der Waals surface area contributed by atoms with E-state index in [1.54, 1.807) is 11.1 Å². The molecule has 3 nitrogen and oxygen atoms in total. The molecule has 112 valence electrons. The smallest absolute Gasteiger partial charge is 0.0635 e. The number of benzene rings is 1. The number of aryl methyl sites for hydroxylation is 2. The minimum absolute atomic E-state index is 0.652. The highest BCUT2D eigenvalue weighted by molar-refractivity contribution is 5.52. The zero-order valence-corrected chi connectivity index (χ0v) is 12.9. The van der Waals surface area contributed by atoms with Gasteiger partial charge in [-0.2, -0.15) is 5.26 Å². The van der Waals surface area contributed by atoms with E-state index < -0.39 is 0 Å². The molecule has 1 aliphatic carbocycles. The Hall–Kier alpha value is -1.53. The topological polar surface area (TPSA) is 30.3 Å². The number of piperazine rings is 1. The molecule has 0 saturated carbocycles. The molecule has 0 radical (unpaired) electrons. The van der Waals surface area contributed by atoms with Crippen LogP contribution in [0.25, 0.3) is 0 Å². The van der Waals surface area contributed by atoms with Gasteiger partial charge in [0, 0.05) is 44.8 Å². The molecule has 3 rings (SSSR count). The lowest BCUT2D eigenvalue weighted by molar-refractivity contribution is 0.263. The van der Waals surface area contributed by atoms with Gasteiger partial charge in [-0.15, -0.1) is 0 Å². The highest BCUT2D eigenvalue weighted by Crippen LogP contribution is 2.26. The monoisotopic (exact) mass is 283 g/mol. The molecule has 1 aromatic rings. The average Bonchev–Trinajstić information content (AvgIpc) is 2.78. The first-order valence-corrected chi connectivity index (χ1v) is 8.33. The summed E-state index contributed by atoms with van der Waals surface area (Å²) < 4.78 is 0. The van der Waals surface area contributed by atoms with Crippen LogP contribution >= 0.6 is 0 Å². The highest BCUT2D eigenvalue weighted by atomic mass is 15.3. The van der Waals surface area contributed by atoms with E-state index in [0.29, 0.717) is 6.42 Å².